The normalized spacial score (nSPS) is 0. The smallest absolute Gasteiger partial charge is 0.870 e. The van der Waals surface area contributed by atoms with Crippen molar-refractivity contribution in [2.24, 2.45) is 0 Å². The van der Waals surface area contributed by atoms with E-state index in [1.165, 1.54) is 0 Å². The molecule has 0 amide bonds. The van der Waals surface area contributed by atoms with Gasteiger partial charge >= 0.3 is 87.9 Å². The fourth-order valence-corrected chi connectivity index (χ4v) is 0. The molecule has 0 heterocycles. The quantitative estimate of drug-likeness (QED) is 0.262. The molecule has 126 valence electrons. The molecule has 17 heteroatoms. The molecule has 0 aromatic rings. The van der Waals surface area contributed by atoms with Crippen molar-refractivity contribution < 1.29 is 154 Å². The van der Waals surface area contributed by atoms with Crippen molar-refractivity contribution in [1.29, 1.82) is 0 Å². The second kappa shape index (κ2) is 1100. The fourth-order valence-electron chi connectivity index (χ4n) is 0. The summed E-state index contributed by atoms with van der Waals surface area (Å²) in [5.74, 6) is 0. The molecule has 2 radical (unpaired) electrons. The molecule has 0 atom stereocenters. The van der Waals surface area contributed by atoms with E-state index in [0.29, 0.717) is 0 Å². The van der Waals surface area contributed by atoms with Crippen LogP contribution in [-0.2, 0) is 87.9 Å². The van der Waals surface area contributed by atoms with Crippen LogP contribution in [0.2, 0.25) is 0 Å². The van der Waals surface area contributed by atoms with Crippen molar-refractivity contribution in [2.75, 3.05) is 0 Å². The van der Waals surface area contributed by atoms with Crippen LogP contribution in [0.4, 0.5) is 0 Å². The molecule has 0 fully saturated rings. The Morgan fingerprint density at radius 3 is 0.294 bits per heavy atom. The molecule has 0 spiro atoms. The van der Waals surface area contributed by atoms with Gasteiger partial charge in [0.2, 0.25) is 0 Å². The van der Waals surface area contributed by atoms with Crippen LogP contribution < -0.4 is 0 Å². The number of hydrogen-bond donors (Lipinski definition) is 0. The molecule has 12 nitrogen and oxygen atoms in total. The van der Waals surface area contributed by atoms with Crippen LogP contribution in [-0.4, -0.2) is 65.7 Å². The number of rotatable bonds is 0. The summed E-state index contributed by atoms with van der Waals surface area (Å²) in [6, 6.07) is 0. The van der Waals surface area contributed by atoms with Crippen LogP contribution in [0.15, 0.2) is 0 Å². The maximum Gasteiger partial charge on any atom is 4.00 e. The first-order chi connectivity index (χ1) is 0. The summed E-state index contributed by atoms with van der Waals surface area (Å²) in [6.07, 6.45) is 0. The van der Waals surface area contributed by atoms with E-state index in [1.807, 2.05) is 0 Å². The van der Waals surface area contributed by atoms with Gasteiger partial charge in [0.05, 0.1) is 0 Å². The maximum absolute atomic E-state index is 0. The second-order valence-corrected chi connectivity index (χ2v) is 0. The van der Waals surface area contributed by atoms with Crippen LogP contribution in [0.3, 0.4) is 0 Å². The Bertz CT molecular complexity index is 24.5. The molecule has 0 saturated carbocycles. The van der Waals surface area contributed by atoms with Crippen molar-refractivity contribution in [3.05, 3.63) is 0 Å². The van der Waals surface area contributed by atoms with E-state index in [-0.39, 0.29) is 154 Å². The van der Waals surface area contributed by atoms with Gasteiger partial charge in [-0.15, -0.1) is 0 Å². The molecule has 17 heavy (non-hydrogen) atoms. The monoisotopic (exact) mass is 618 g/mol. The zero-order valence-corrected chi connectivity index (χ0v) is 14.2. The molecular formula is H12CoMnNi2O12W. The summed E-state index contributed by atoms with van der Waals surface area (Å²) in [6.45, 7) is 0. The zero-order valence-electron chi connectivity index (χ0n) is 7.12. The molecule has 12 N–H and O–H groups in total. The fraction of sp³-hybridized carbons (Fsp3) is 0. The van der Waals surface area contributed by atoms with Crippen molar-refractivity contribution in [3.8, 4) is 0 Å². The molecule has 0 aliphatic carbocycles. The first kappa shape index (κ1) is 1290. The summed E-state index contributed by atoms with van der Waals surface area (Å²) in [4.78, 5) is 0. The largest absolute Gasteiger partial charge is 4.00 e. The molecule has 0 aliphatic heterocycles. The minimum Gasteiger partial charge on any atom is -0.870 e. The standard InChI is InChI=1S/Co.Mn.2Ni.12H2O.W/h;;;;12*1H2;/q4*+2;;;;;;;;;;;;;+4/p-12. The van der Waals surface area contributed by atoms with E-state index < -0.39 is 0 Å². The Hall–Kier alpha value is 2.22. The van der Waals surface area contributed by atoms with Crippen LogP contribution >= 0.6 is 0 Å². The van der Waals surface area contributed by atoms with Crippen molar-refractivity contribution in [2.45, 2.75) is 0 Å². The Balaban J connectivity index is 0. The Morgan fingerprint density at radius 2 is 0.294 bits per heavy atom. The van der Waals surface area contributed by atoms with E-state index in [1.54, 1.807) is 0 Å². The van der Waals surface area contributed by atoms with Gasteiger partial charge in [0, 0.05) is 0 Å². The van der Waals surface area contributed by atoms with E-state index in [2.05, 4.69) is 0 Å². The van der Waals surface area contributed by atoms with E-state index in [4.69, 9.17) is 0 Å². The first-order valence-electron chi connectivity index (χ1n) is 0. The van der Waals surface area contributed by atoms with Gasteiger partial charge in [0.25, 0.3) is 0 Å². The van der Waals surface area contributed by atoms with E-state index >= 15 is 0 Å². The van der Waals surface area contributed by atoms with Gasteiger partial charge in [0.1, 0.15) is 0 Å². The molecule has 0 aromatic carbocycles. The van der Waals surface area contributed by atoms with Gasteiger partial charge in [-0.3, -0.25) is 0 Å². The average Bonchev–Trinajstić information content (AvgIpc) is 0. The first-order valence-corrected chi connectivity index (χ1v) is 0. The second-order valence-electron chi connectivity index (χ2n) is 0. The van der Waals surface area contributed by atoms with Gasteiger partial charge < -0.3 is 65.7 Å². The Labute approximate surface area is 153 Å². The molecular weight excluding hydrogens is 607 g/mol. The maximum atomic E-state index is 0. The Morgan fingerprint density at radius 1 is 0.294 bits per heavy atom. The van der Waals surface area contributed by atoms with Gasteiger partial charge in [-0.05, 0) is 0 Å². The summed E-state index contributed by atoms with van der Waals surface area (Å²) >= 11 is 0. The molecule has 0 aliphatic rings. The molecule has 0 aromatic heterocycles. The Kier molecular flexibility index (Phi) is 83300. The number of hydrogen-bond acceptors (Lipinski definition) is 12. The molecule has 0 saturated heterocycles. The molecule has 0 bridgehead atoms. The minimum absolute atomic E-state index is 0. The zero-order chi connectivity index (χ0) is 0. The average molecular weight is 619 g/mol. The van der Waals surface area contributed by atoms with Crippen LogP contribution in [0.5, 0.6) is 0 Å². The summed E-state index contributed by atoms with van der Waals surface area (Å²) in [5, 5.41) is 0. The van der Waals surface area contributed by atoms with Crippen molar-refractivity contribution in [1.82, 2.24) is 0 Å². The third-order valence-electron chi connectivity index (χ3n) is 0. The van der Waals surface area contributed by atoms with Crippen LogP contribution in [0.1, 0.15) is 0 Å². The van der Waals surface area contributed by atoms with E-state index in [9.17, 15) is 0 Å². The van der Waals surface area contributed by atoms with Crippen molar-refractivity contribution in [3.63, 3.8) is 0 Å². The molecule has 0 unspecified atom stereocenters. The van der Waals surface area contributed by atoms with E-state index in [0.717, 1.165) is 0 Å². The van der Waals surface area contributed by atoms with Crippen LogP contribution in [0.25, 0.3) is 0 Å². The van der Waals surface area contributed by atoms with Crippen molar-refractivity contribution >= 4 is 0 Å². The SMILES string of the molecule is [Co+2].[Mn+2].[Ni+2].[Ni+2].[OH-].[OH-].[OH-].[OH-].[OH-].[OH-].[OH-].[OH-].[OH-].[OH-].[OH-].[OH-].[W+4]. The molecule has 0 rings (SSSR count). The topological polar surface area (TPSA) is 360 Å². The minimum atomic E-state index is 0. The predicted octanol–water partition coefficient (Wildman–Crippen LogP) is -2.13. The van der Waals surface area contributed by atoms with Gasteiger partial charge in [0.15, 0.2) is 0 Å². The summed E-state index contributed by atoms with van der Waals surface area (Å²) in [5.41, 5.74) is 0. The van der Waals surface area contributed by atoms with Crippen LogP contribution in [0, 0.1) is 0 Å². The third-order valence-corrected chi connectivity index (χ3v) is 0. The third kappa shape index (κ3) is 972. The summed E-state index contributed by atoms with van der Waals surface area (Å²) < 4.78 is 0. The van der Waals surface area contributed by atoms with Gasteiger partial charge in [-0.1, -0.05) is 0 Å². The van der Waals surface area contributed by atoms with Gasteiger partial charge in [-0.2, -0.15) is 0 Å². The predicted molar refractivity (Wildman–Crippen MR) is 23.2 cm³/mol. The summed E-state index contributed by atoms with van der Waals surface area (Å²) in [7, 11) is 0. The van der Waals surface area contributed by atoms with Gasteiger partial charge in [-0.25, -0.2) is 0 Å².